The second-order valence-corrected chi connectivity index (χ2v) is 6.25. The molecule has 1 heterocycles. The van der Waals surface area contributed by atoms with E-state index in [9.17, 15) is 27.9 Å². The van der Waals surface area contributed by atoms with Gasteiger partial charge in [-0.3, -0.25) is 9.59 Å². The molecule has 0 spiro atoms. The van der Waals surface area contributed by atoms with Crippen LogP contribution in [0.15, 0.2) is 54.6 Å². The van der Waals surface area contributed by atoms with E-state index in [0.29, 0.717) is 0 Å². The summed E-state index contributed by atoms with van der Waals surface area (Å²) in [4.78, 5) is 25.5. The lowest BCUT2D eigenvalue weighted by Crippen LogP contribution is -2.30. The summed E-state index contributed by atoms with van der Waals surface area (Å²) in [5.74, 6) is -2.82. The standard InChI is InChI=1S/C19H16F3NO3/c20-19(21,22)14-8-4-7-13(9-14)17(24)23-10-15(16(11-23)18(25)26)12-5-2-1-3-6-12/h1-9,15-16H,10-11H2,(H,25,26). The molecule has 0 aliphatic carbocycles. The van der Waals surface area contributed by atoms with E-state index in [-0.39, 0.29) is 18.7 Å². The molecule has 0 radical (unpaired) electrons. The number of carbonyl (C=O) groups is 2. The van der Waals surface area contributed by atoms with Gasteiger partial charge in [-0.25, -0.2) is 0 Å². The average Bonchev–Trinajstić information content (AvgIpc) is 3.07. The Morgan fingerprint density at radius 2 is 1.69 bits per heavy atom. The lowest BCUT2D eigenvalue weighted by atomic mass is 9.89. The minimum absolute atomic E-state index is 0.0377. The van der Waals surface area contributed by atoms with Crippen molar-refractivity contribution in [1.29, 1.82) is 0 Å². The maximum atomic E-state index is 12.9. The molecule has 136 valence electrons. The van der Waals surface area contributed by atoms with Crippen LogP contribution in [0.5, 0.6) is 0 Å². The largest absolute Gasteiger partial charge is 0.481 e. The van der Waals surface area contributed by atoms with Gasteiger partial charge in [0.1, 0.15) is 0 Å². The fourth-order valence-corrected chi connectivity index (χ4v) is 3.27. The highest BCUT2D eigenvalue weighted by Crippen LogP contribution is 2.34. The third-order valence-corrected chi connectivity index (χ3v) is 4.59. The Bertz CT molecular complexity index is 820. The first-order valence-corrected chi connectivity index (χ1v) is 8.01. The summed E-state index contributed by atoms with van der Waals surface area (Å²) in [7, 11) is 0. The zero-order valence-electron chi connectivity index (χ0n) is 13.6. The van der Waals surface area contributed by atoms with Crippen molar-refractivity contribution >= 4 is 11.9 Å². The second-order valence-electron chi connectivity index (χ2n) is 6.25. The second kappa shape index (κ2) is 6.82. The Morgan fingerprint density at radius 3 is 2.31 bits per heavy atom. The van der Waals surface area contributed by atoms with Gasteiger partial charge in [0.2, 0.25) is 0 Å². The predicted octanol–water partition coefficient (Wildman–Crippen LogP) is 3.65. The van der Waals surface area contributed by atoms with Gasteiger partial charge in [0.25, 0.3) is 5.91 Å². The molecular weight excluding hydrogens is 347 g/mol. The number of halogens is 3. The lowest BCUT2D eigenvalue weighted by molar-refractivity contribution is -0.141. The number of amides is 1. The van der Waals surface area contributed by atoms with Crippen molar-refractivity contribution in [3.8, 4) is 0 Å². The van der Waals surface area contributed by atoms with Crippen LogP contribution in [-0.4, -0.2) is 35.0 Å². The summed E-state index contributed by atoms with van der Waals surface area (Å²) in [6, 6.07) is 13.1. The topological polar surface area (TPSA) is 57.6 Å². The fourth-order valence-electron chi connectivity index (χ4n) is 3.27. The lowest BCUT2D eigenvalue weighted by Gasteiger charge is -2.17. The molecule has 1 fully saturated rings. The summed E-state index contributed by atoms with van der Waals surface area (Å²) in [6.07, 6.45) is -4.54. The van der Waals surface area contributed by atoms with Gasteiger partial charge in [-0.2, -0.15) is 13.2 Å². The Labute approximate surface area is 147 Å². The van der Waals surface area contributed by atoms with Gasteiger partial charge < -0.3 is 10.0 Å². The molecule has 1 saturated heterocycles. The number of nitrogens with zero attached hydrogens (tertiary/aromatic N) is 1. The van der Waals surface area contributed by atoms with Gasteiger partial charge in [-0.1, -0.05) is 36.4 Å². The van der Waals surface area contributed by atoms with Crippen LogP contribution in [0, 0.1) is 5.92 Å². The number of alkyl halides is 3. The van der Waals surface area contributed by atoms with Crippen LogP contribution in [0.2, 0.25) is 0 Å². The molecule has 1 N–H and O–H groups in total. The van der Waals surface area contributed by atoms with E-state index in [4.69, 9.17) is 0 Å². The molecule has 2 atom stereocenters. The third-order valence-electron chi connectivity index (χ3n) is 4.59. The molecule has 26 heavy (non-hydrogen) atoms. The molecule has 1 amide bonds. The van der Waals surface area contributed by atoms with Crippen LogP contribution in [0.4, 0.5) is 13.2 Å². The molecule has 2 unspecified atom stereocenters. The number of benzene rings is 2. The predicted molar refractivity (Wildman–Crippen MR) is 87.7 cm³/mol. The van der Waals surface area contributed by atoms with Crippen molar-refractivity contribution in [3.05, 3.63) is 71.3 Å². The summed E-state index contributed by atoms with van der Waals surface area (Å²) in [5, 5.41) is 9.48. The molecule has 0 saturated carbocycles. The van der Waals surface area contributed by atoms with Crippen LogP contribution >= 0.6 is 0 Å². The number of carboxylic acid groups (broad SMARTS) is 1. The Morgan fingerprint density at radius 1 is 1.00 bits per heavy atom. The molecule has 0 aromatic heterocycles. The third kappa shape index (κ3) is 3.56. The highest BCUT2D eigenvalue weighted by molar-refractivity contribution is 5.95. The smallest absolute Gasteiger partial charge is 0.416 e. The van der Waals surface area contributed by atoms with Gasteiger partial charge in [0.15, 0.2) is 0 Å². The highest BCUT2D eigenvalue weighted by Gasteiger charge is 2.41. The molecule has 1 aliphatic heterocycles. The SMILES string of the molecule is O=C(O)C1CN(C(=O)c2cccc(C(F)(F)F)c2)CC1c1ccccc1. The highest BCUT2D eigenvalue weighted by atomic mass is 19.4. The number of likely N-dealkylation sites (tertiary alicyclic amines) is 1. The zero-order chi connectivity index (χ0) is 18.9. The van der Waals surface area contributed by atoms with E-state index in [1.165, 1.54) is 17.0 Å². The average molecular weight is 363 g/mol. The molecule has 2 aromatic rings. The van der Waals surface area contributed by atoms with Crippen LogP contribution in [0.3, 0.4) is 0 Å². The van der Waals surface area contributed by atoms with Gasteiger partial charge >= 0.3 is 12.1 Å². The summed E-state index contributed by atoms with van der Waals surface area (Å²) >= 11 is 0. The quantitative estimate of drug-likeness (QED) is 0.906. The minimum Gasteiger partial charge on any atom is -0.481 e. The number of carboxylic acids is 1. The normalized spacial score (nSPS) is 20.2. The summed E-state index contributed by atoms with van der Waals surface area (Å²) < 4.78 is 38.6. The van der Waals surface area contributed by atoms with Gasteiger partial charge in [0.05, 0.1) is 11.5 Å². The molecular formula is C19H16F3NO3. The molecule has 2 aromatic carbocycles. The van der Waals surface area contributed by atoms with Crippen LogP contribution in [0.25, 0.3) is 0 Å². The first-order chi connectivity index (χ1) is 12.3. The van der Waals surface area contributed by atoms with E-state index >= 15 is 0 Å². The van der Waals surface area contributed by atoms with E-state index in [2.05, 4.69) is 0 Å². The molecule has 0 bridgehead atoms. The molecule has 7 heteroatoms. The van der Waals surface area contributed by atoms with E-state index in [1.54, 1.807) is 30.3 Å². The van der Waals surface area contributed by atoms with Gasteiger partial charge in [-0.05, 0) is 23.8 Å². The number of hydrogen-bond donors (Lipinski definition) is 1. The van der Waals surface area contributed by atoms with Crippen molar-refractivity contribution in [1.82, 2.24) is 4.90 Å². The van der Waals surface area contributed by atoms with Crippen molar-refractivity contribution in [2.24, 2.45) is 5.92 Å². The number of hydrogen-bond acceptors (Lipinski definition) is 2. The number of carbonyl (C=O) groups excluding carboxylic acids is 1. The molecule has 1 aliphatic rings. The van der Waals surface area contributed by atoms with E-state index < -0.39 is 35.5 Å². The van der Waals surface area contributed by atoms with Crippen molar-refractivity contribution in [2.45, 2.75) is 12.1 Å². The Hall–Kier alpha value is -2.83. The van der Waals surface area contributed by atoms with E-state index in [1.807, 2.05) is 0 Å². The van der Waals surface area contributed by atoms with Crippen LogP contribution in [-0.2, 0) is 11.0 Å². The zero-order valence-corrected chi connectivity index (χ0v) is 13.6. The Kier molecular flexibility index (Phi) is 4.71. The fraction of sp³-hybridized carbons (Fsp3) is 0.263. The van der Waals surface area contributed by atoms with Crippen molar-refractivity contribution < 1.29 is 27.9 Å². The summed E-state index contributed by atoms with van der Waals surface area (Å²) in [6.45, 7) is 0.111. The van der Waals surface area contributed by atoms with Gasteiger partial charge in [0, 0.05) is 24.6 Å². The monoisotopic (exact) mass is 363 g/mol. The van der Waals surface area contributed by atoms with Crippen LogP contribution < -0.4 is 0 Å². The van der Waals surface area contributed by atoms with Crippen molar-refractivity contribution in [2.75, 3.05) is 13.1 Å². The minimum atomic E-state index is -4.54. The maximum Gasteiger partial charge on any atom is 0.416 e. The Balaban J connectivity index is 1.86. The van der Waals surface area contributed by atoms with Gasteiger partial charge in [-0.15, -0.1) is 0 Å². The number of rotatable bonds is 3. The molecule has 3 rings (SSSR count). The van der Waals surface area contributed by atoms with Crippen LogP contribution in [0.1, 0.15) is 27.4 Å². The maximum absolute atomic E-state index is 12.9. The first-order valence-electron chi connectivity index (χ1n) is 8.01. The van der Waals surface area contributed by atoms with Crippen molar-refractivity contribution in [3.63, 3.8) is 0 Å². The number of aliphatic carboxylic acids is 1. The first kappa shape index (κ1) is 18.0. The summed E-state index contributed by atoms with van der Waals surface area (Å²) in [5.41, 5.74) is -0.214. The van der Waals surface area contributed by atoms with E-state index in [0.717, 1.165) is 17.7 Å². The molecule has 4 nitrogen and oxygen atoms in total.